The van der Waals surface area contributed by atoms with Gasteiger partial charge in [-0.3, -0.25) is 4.79 Å². The summed E-state index contributed by atoms with van der Waals surface area (Å²) in [4.78, 5) is 12.6. The molecule has 1 aromatic rings. The highest BCUT2D eigenvalue weighted by Gasteiger charge is 2.41. The Morgan fingerprint density at radius 3 is 2.60 bits per heavy atom. The van der Waals surface area contributed by atoms with Crippen molar-refractivity contribution in [2.45, 2.75) is 46.0 Å². The summed E-state index contributed by atoms with van der Waals surface area (Å²) in [5, 5.41) is 12.8. The smallest absolute Gasteiger partial charge is 0.230 e. The SMILES string of the molecule is CC(C)CC1(C(=O)Nc2ccc(Cl)c(O)c2)CCCC1. The Morgan fingerprint density at radius 2 is 2.05 bits per heavy atom. The number of aromatic hydroxyl groups is 1. The molecule has 1 aliphatic rings. The lowest BCUT2D eigenvalue weighted by Crippen LogP contribution is -2.35. The molecule has 0 aliphatic heterocycles. The molecule has 1 amide bonds. The molecule has 0 heterocycles. The number of carbonyl (C=O) groups is 1. The Hall–Kier alpha value is -1.22. The van der Waals surface area contributed by atoms with Crippen LogP contribution in [-0.2, 0) is 4.79 Å². The van der Waals surface area contributed by atoms with Crippen LogP contribution in [-0.4, -0.2) is 11.0 Å². The van der Waals surface area contributed by atoms with E-state index in [-0.39, 0.29) is 17.1 Å². The number of halogens is 1. The first-order valence-electron chi connectivity index (χ1n) is 7.23. The molecule has 110 valence electrons. The van der Waals surface area contributed by atoms with Crippen LogP contribution in [0.1, 0.15) is 46.0 Å². The average Bonchev–Trinajstić information content (AvgIpc) is 2.83. The Balaban J connectivity index is 2.14. The summed E-state index contributed by atoms with van der Waals surface area (Å²) in [6, 6.07) is 4.81. The third-order valence-corrected chi connectivity index (χ3v) is 4.36. The molecule has 0 bridgehead atoms. The summed E-state index contributed by atoms with van der Waals surface area (Å²) < 4.78 is 0. The van der Waals surface area contributed by atoms with Crippen molar-refractivity contribution >= 4 is 23.2 Å². The van der Waals surface area contributed by atoms with E-state index in [0.29, 0.717) is 16.6 Å². The molecular formula is C16H22ClNO2. The average molecular weight is 296 g/mol. The van der Waals surface area contributed by atoms with Gasteiger partial charge >= 0.3 is 0 Å². The summed E-state index contributed by atoms with van der Waals surface area (Å²) in [6.07, 6.45) is 5.06. The lowest BCUT2D eigenvalue weighted by atomic mass is 9.77. The van der Waals surface area contributed by atoms with Crippen LogP contribution >= 0.6 is 11.6 Å². The molecule has 0 aromatic heterocycles. The summed E-state index contributed by atoms with van der Waals surface area (Å²) in [7, 11) is 0. The van der Waals surface area contributed by atoms with E-state index in [1.807, 2.05) is 0 Å². The van der Waals surface area contributed by atoms with Gasteiger partial charge in [-0.15, -0.1) is 0 Å². The van der Waals surface area contributed by atoms with Gasteiger partial charge in [-0.2, -0.15) is 0 Å². The third kappa shape index (κ3) is 3.26. The molecule has 0 saturated heterocycles. The lowest BCUT2D eigenvalue weighted by Gasteiger charge is -2.29. The number of carbonyl (C=O) groups excluding carboxylic acids is 1. The molecule has 2 N–H and O–H groups in total. The topological polar surface area (TPSA) is 49.3 Å². The minimum atomic E-state index is -0.247. The van der Waals surface area contributed by atoms with Crippen LogP contribution in [0.2, 0.25) is 5.02 Å². The number of anilines is 1. The molecule has 0 atom stereocenters. The molecule has 1 saturated carbocycles. The zero-order chi connectivity index (χ0) is 14.8. The maximum atomic E-state index is 12.6. The first kappa shape index (κ1) is 15.2. The number of nitrogens with one attached hydrogen (secondary N) is 1. The lowest BCUT2D eigenvalue weighted by molar-refractivity contribution is -0.126. The molecule has 3 nitrogen and oxygen atoms in total. The number of hydrogen-bond acceptors (Lipinski definition) is 2. The standard InChI is InChI=1S/C16H22ClNO2/c1-11(2)10-16(7-3-4-8-16)15(20)18-12-5-6-13(17)14(19)9-12/h5-6,9,11,19H,3-4,7-8,10H2,1-2H3,(H,18,20). The minimum Gasteiger partial charge on any atom is -0.506 e. The Kier molecular flexibility index (Phi) is 4.59. The van der Waals surface area contributed by atoms with Crippen LogP contribution in [0.25, 0.3) is 0 Å². The highest BCUT2D eigenvalue weighted by atomic mass is 35.5. The van der Waals surface area contributed by atoms with Gasteiger partial charge < -0.3 is 10.4 Å². The van der Waals surface area contributed by atoms with Gasteiger partial charge in [0.15, 0.2) is 0 Å². The molecule has 1 aromatic carbocycles. The van der Waals surface area contributed by atoms with Crippen LogP contribution in [0.4, 0.5) is 5.69 Å². The van der Waals surface area contributed by atoms with Crippen molar-refractivity contribution in [1.29, 1.82) is 0 Å². The summed E-state index contributed by atoms with van der Waals surface area (Å²) in [5.41, 5.74) is 0.357. The Labute approximate surface area is 125 Å². The second-order valence-electron chi connectivity index (χ2n) is 6.21. The largest absolute Gasteiger partial charge is 0.506 e. The molecule has 0 spiro atoms. The third-order valence-electron chi connectivity index (χ3n) is 4.05. The van der Waals surface area contributed by atoms with E-state index >= 15 is 0 Å². The summed E-state index contributed by atoms with van der Waals surface area (Å²) in [6.45, 7) is 4.31. The van der Waals surface area contributed by atoms with Gasteiger partial charge in [0.2, 0.25) is 5.91 Å². The second-order valence-corrected chi connectivity index (χ2v) is 6.61. The number of phenolic OH excluding ortho intramolecular Hbond substituents is 1. The molecule has 1 aliphatic carbocycles. The van der Waals surface area contributed by atoms with Gasteiger partial charge in [-0.05, 0) is 37.3 Å². The number of amides is 1. The maximum absolute atomic E-state index is 12.6. The Morgan fingerprint density at radius 1 is 1.40 bits per heavy atom. The van der Waals surface area contributed by atoms with Crippen LogP contribution in [0.3, 0.4) is 0 Å². The normalized spacial score (nSPS) is 17.4. The molecule has 4 heteroatoms. The predicted molar refractivity (Wildman–Crippen MR) is 82.1 cm³/mol. The van der Waals surface area contributed by atoms with E-state index in [2.05, 4.69) is 19.2 Å². The van der Waals surface area contributed by atoms with Crippen molar-refractivity contribution in [3.05, 3.63) is 23.2 Å². The van der Waals surface area contributed by atoms with E-state index in [1.54, 1.807) is 12.1 Å². The number of hydrogen-bond donors (Lipinski definition) is 2. The van der Waals surface area contributed by atoms with Crippen molar-refractivity contribution in [3.8, 4) is 5.75 Å². The van der Waals surface area contributed by atoms with Gasteiger partial charge in [0.1, 0.15) is 5.75 Å². The van der Waals surface area contributed by atoms with Crippen LogP contribution in [0, 0.1) is 11.3 Å². The van der Waals surface area contributed by atoms with Crippen molar-refractivity contribution in [3.63, 3.8) is 0 Å². The van der Waals surface area contributed by atoms with E-state index < -0.39 is 0 Å². The van der Waals surface area contributed by atoms with E-state index in [4.69, 9.17) is 11.6 Å². The molecule has 0 radical (unpaired) electrons. The van der Waals surface area contributed by atoms with Crippen LogP contribution in [0.5, 0.6) is 5.75 Å². The predicted octanol–water partition coefficient (Wildman–Crippen LogP) is 4.59. The van der Waals surface area contributed by atoms with Gasteiger partial charge in [-0.25, -0.2) is 0 Å². The molecule has 0 unspecified atom stereocenters. The Bertz CT molecular complexity index is 493. The monoisotopic (exact) mass is 295 g/mol. The highest BCUT2D eigenvalue weighted by Crippen LogP contribution is 2.44. The highest BCUT2D eigenvalue weighted by molar-refractivity contribution is 6.32. The zero-order valence-corrected chi connectivity index (χ0v) is 12.8. The van der Waals surface area contributed by atoms with Crippen LogP contribution < -0.4 is 5.32 Å². The van der Waals surface area contributed by atoms with E-state index in [0.717, 1.165) is 32.1 Å². The fraction of sp³-hybridized carbons (Fsp3) is 0.562. The fourth-order valence-electron chi connectivity index (χ4n) is 3.21. The maximum Gasteiger partial charge on any atom is 0.230 e. The fourth-order valence-corrected chi connectivity index (χ4v) is 3.33. The minimum absolute atomic E-state index is 0.00574. The van der Waals surface area contributed by atoms with Crippen molar-refractivity contribution in [2.24, 2.45) is 11.3 Å². The van der Waals surface area contributed by atoms with Crippen molar-refractivity contribution in [2.75, 3.05) is 5.32 Å². The molecule has 1 fully saturated rings. The molecular weight excluding hydrogens is 274 g/mol. The van der Waals surface area contributed by atoms with Crippen molar-refractivity contribution < 1.29 is 9.90 Å². The summed E-state index contributed by atoms with van der Waals surface area (Å²) in [5.74, 6) is 0.566. The quantitative estimate of drug-likeness (QED) is 0.853. The van der Waals surface area contributed by atoms with Gasteiger partial charge in [0, 0.05) is 17.2 Å². The second kappa shape index (κ2) is 6.04. The van der Waals surface area contributed by atoms with Gasteiger partial charge in [0.05, 0.1) is 5.02 Å². The van der Waals surface area contributed by atoms with Crippen LogP contribution in [0.15, 0.2) is 18.2 Å². The molecule has 2 rings (SSSR count). The first-order valence-corrected chi connectivity index (χ1v) is 7.61. The van der Waals surface area contributed by atoms with Gasteiger partial charge in [-0.1, -0.05) is 38.3 Å². The first-order chi connectivity index (χ1) is 9.43. The zero-order valence-electron chi connectivity index (χ0n) is 12.1. The number of rotatable bonds is 4. The van der Waals surface area contributed by atoms with E-state index in [1.165, 1.54) is 6.07 Å². The molecule has 20 heavy (non-hydrogen) atoms. The number of phenols is 1. The summed E-state index contributed by atoms with van der Waals surface area (Å²) >= 11 is 5.78. The van der Waals surface area contributed by atoms with Gasteiger partial charge in [0.25, 0.3) is 0 Å². The number of benzene rings is 1. The van der Waals surface area contributed by atoms with E-state index in [9.17, 15) is 9.90 Å². The van der Waals surface area contributed by atoms with Crippen molar-refractivity contribution in [1.82, 2.24) is 0 Å².